The van der Waals surface area contributed by atoms with Gasteiger partial charge < -0.3 is 28.8 Å². The first kappa shape index (κ1) is 26.3. The summed E-state index contributed by atoms with van der Waals surface area (Å²) in [6.45, 7) is 10.5. The molecule has 2 heterocycles. The largest absolute Gasteiger partial charge is 0.462 e. The molecule has 1 N–H and O–H groups in total. The highest BCUT2D eigenvalue weighted by Gasteiger charge is 2.87. The Bertz CT molecular complexity index is 1060. The van der Waals surface area contributed by atoms with Gasteiger partial charge >= 0.3 is 23.9 Å². The molecular weight excluding hydrogens is 472 g/mol. The van der Waals surface area contributed by atoms with Crippen molar-refractivity contribution in [1.82, 2.24) is 0 Å². The SMILES string of the molecule is CC(=O)O[C@@H]1[C@H]2[C@@](C)(O)[C@H](OC(C)=O)C=C[C@]2(C)[C@H](OC(C)=O)CC/C(C)=C\[C@@H]2OC(=O)[C@]3(C)O[C@@]213. The number of fused-ring (bicyclic) bond motifs is 1. The molecule has 9 atom stereocenters. The third-order valence-corrected chi connectivity index (χ3v) is 8.18. The standard InChI is InChI=1S/C26H34O10/c1-13-8-9-17(32-14(2)27)23(5)11-10-18(33-15(3)28)24(6,31)20(23)21(34-16(4)29)26-19(12-13)35-22(30)25(26,7)36-26/h10-12,17-21,31H,8-9H2,1-7H3/b13-12-/t17-,18-,19+,20-,21-,23-,24+,25+,26+/m1/s1. The molecule has 1 spiro atoms. The highest BCUT2D eigenvalue weighted by Crippen LogP contribution is 2.65. The number of epoxide rings is 1. The molecule has 0 unspecified atom stereocenters. The van der Waals surface area contributed by atoms with E-state index in [0.717, 1.165) is 5.57 Å². The van der Waals surface area contributed by atoms with Crippen molar-refractivity contribution in [2.45, 2.75) is 103 Å². The maximum absolute atomic E-state index is 12.9. The maximum atomic E-state index is 12.9. The first-order chi connectivity index (χ1) is 16.6. The van der Waals surface area contributed by atoms with Crippen LogP contribution in [0.25, 0.3) is 0 Å². The van der Waals surface area contributed by atoms with Crippen LogP contribution in [0.4, 0.5) is 0 Å². The van der Waals surface area contributed by atoms with E-state index in [0.29, 0.717) is 12.8 Å². The fourth-order valence-corrected chi connectivity index (χ4v) is 6.46. The molecule has 0 aromatic rings. The van der Waals surface area contributed by atoms with Crippen LogP contribution in [-0.4, -0.2) is 70.2 Å². The predicted octanol–water partition coefficient (Wildman–Crippen LogP) is 1.92. The smallest absolute Gasteiger partial charge is 0.342 e. The van der Waals surface area contributed by atoms with Crippen LogP contribution in [0.3, 0.4) is 0 Å². The third kappa shape index (κ3) is 3.76. The van der Waals surface area contributed by atoms with Crippen LogP contribution in [0.5, 0.6) is 0 Å². The molecule has 0 saturated carbocycles. The van der Waals surface area contributed by atoms with Gasteiger partial charge in [-0.05, 0) is 45.8 Å². The Kier molecular flexibility index (Phi) is 6.16. The fraction of sp³-hybridized carbons (Fsp3) is 0.692. The van der Waals surface area contributed by atoms with Gasteiger partial charge in [0.1, 0.15) is 23.9 Å². The van der Waals surface area contributed by atoms with Gasteiger partial charge in [0, 0.05) is 32.1 Å². The van der Waals surface area contributed by atoms with Crippen LogP contribution >= 0.6 is 0 Å². The average molecular weight is 507 g/mol. The van der Waals surface area contributed by atoms with Gasteiger partial charge in [-0.15, -0.1) is 0 Å². The second-order valence-corrected chi connectivity index (χ2v) is 10.9. The minimum Gasteiger partial charge on any atom is -0.462 e. The molecule has 0 amide bonds. The summed E-state index contributed by atoms with van der Waals surface area (Å²) in [5.74, 6) is -3.44. The van der Waals surface area contributed by atoms with Crippen molar-refractivity contribution in [3.63, 3.8) is 0 Å². The van der Waals surface area contributed by atoms with Crippen molar-refractivity contribution in [1.29, 1.82) is 0 Å². The summed E-state index contributed by atoms with van der Waals surface area (Å²) in [5.41, 5.74) is -4.96. The minimum atomic E-state index is -1.83. The van der Waals surface area contributed by atoms with E-state index in [1.54, 1.807) is 32.1 Å². The van der Waals surface area contributed by atoms with Crippen molar-refractivity contribution < 1.29 is 48.0 Å². The molecule has 0 aromatic heterocycles. The van der Waals surface area contributed by atoms with Gasteiger partial charge in [-0.25, -0.2) is 4.79 Å². The van der Waals surface area contributed by atoms with E-state index in [9.17, 15) is 24.3 Å². The number of carbonyl (C=O) groups is 4. The number of allylic oxidation sites excluding steroid dienone is 1. The van der Waals surface area contributed by atoms with Gasteiger partial charge in [-0.1, -0.05) is 18.6 Å². The summed E-state index contributed by atoms with van der Waals surface area (Å²) >= 11 is 0. The summed E-state index contributed by atoms with van der Waals surface area (Å²) in [5, 5.41) is 12.1. The van der Waals surface area contributed by atoms with Gasteiger partial charge in [-0.3, -0.25) is 14.4 Å². The van der Waals surface area contributed by atoms with Crippen molar-refractivity contribution >= 4 is 23.9 Å². The zero-order valence-corrected chi connectivity index (χ0v) is 21.7. The highest BCUT2D eigenvalue weighted by atomic mass is 16.7. The van der Waals surface area contributed by atoms with Crippen molar-refractivity contribution in [2.75, 3.05) is 0 Å². The molecule has 4 aliphatic rings. The lowest BCUT2D eigenvalue weighted by Gasteiger charge is -2.55. The van der Waals surface area contributed by atoms with Crippen LogP contribution < -0.4 is 0 Å². The van der Waals surface area contributed by atoms with Gasteiger partial charge in [0.05, 0.1) is 0 Å². The lowest BCUT2D eigenvalue weighted by molar-refractivity contribution is -0.218. The van der Waals surface area contributed by atoms with Gasteiger partial charge in [0.2, 0.25) is 0 Å². The summed E-state index contributed by atoms with van der Waals surface area (Å²) in [4.78, 5) is 49.5. The third-order valence-electron chi connectivity index (χ3n) is 8.18. The molecule has 4 rings (SSSR count). The Morgan fingerprint density at radius 2 is 1.64 bits per heavy atom. The molecule has 10 heteroatoms. The maximum Gasteiger partial charge on any atom is 0.342 e. The van der Waals surface area contributed by atoms with Crippen LogP contribution in [0.2, 0.25) is 0 Å². The van der Waals surface area contributed by atoms with Crippen molar-refractivity contribution in [3.8, 4) is 0 Å². The first-order valence-corrected chi connectivity index (χ1v) is 12.1. The number of rotatable bonds is 3. The Morgan fingerprint density at radius 3 is 2.19 bits per heavy atom. The number of esters is 4. The van der Waals surface area contributed by atoms with E-state index < -0.39 is 76.4 Å². The number of hydrogen-bond donors (Lipinski definition) is 1. The van der Waals surface area contributed by atoms with Crippen LogP contribution in [0.1, 0.15) is 61.3 Å². The van der Waals surface area contributed by atoms with Crippen LogP contribution in [-0.2, 0) is 42.9 Å². The summed E-state index contributed by atoms with van der Waals surface area (Å²) < 4.78 is 29.0. The lowest BCUT2D eigenvalue weighted by atomic mass is 9.55. The number of ether oxygens (including phenoxy) is 5. The summed E-state index contributed by atoms with van der Waals surface area (Å²) in [7, 11) is 0. The van der Waals surface area contributed by atoms with Crippen LogP contribution in [0, 0.1) is 11.3 Å². The van der Waals surface area contributed by atoms with Gasteiger partial charge in [0.25, 0.3) is 0 Å². The lowest BCUT2D eigenvalue weighted by Crippen LogP contribution is -2.67. The van der Waals surface area contributed by atoms with E-state index in [2.05, 4.69) is 0 Å². The van der Waals surface area contributed by atoms with Gasteiger partial charge in [-0.2, -0.15) is 0 Å². The second-order valence-electron chi connectivity index (χ2n) is 10.9. The molecule has 10 nitrogen and oxygen atoms in total. The molecule has 2 fully saturated rings. The Morgan fingerprint density at radius 1 is 1.03 bits per heavy atom. The second kappa shape index (κ2) is 8.41. The number of carbonyl (C=O) groups excluding carboxylic acids is 4. The molecule has 0 aromatic carbocycles. The molecule has 2 aliphatic carbocycles. The quantitative estimate of drug-likeness (QED) is 0.261. The number of hydrogen-bond acceptors (Lipinski definition) is 10. The Hall–Kier alpha value is -2.72. The first-order valence-electron chi connectivity index (χ1n) is 12.1. The predicted molar refractivity (Wildman–Crippen MR) is 123 cm³/mol. The molecule has 2 saturated heterocycles. The summed E-state index contributed by atoms with van der Waals surface area (Å²) in [6, 6.07) is 0. The molecule has 0 bridgehead atoms. The molecule has 2 aliphatic heterocycles. The van der Waals surface area contributed by atoms with E-state index >= 15 is 0 Å². The van der Waals surface area contributed by atoms with E-state index in [1.165, 1.54) is 27.7 Å². The van der Waals surface area contributed by atoms with Crippen molar-refractivity contribution in [3.05, 3.63) is 23.8 Å². The highest BCUT2D eigenvalue weighted by molar-refractivity contribution is 5.89. The fourth-order valence-electron chi connectivity index (χ4n) is 6.46. The van der Waals surface area contributed by atoms with E-state index in [4.69, 9.17) is 23.7 Å². The van der Waals surface area contributed by atoms with Crippen molar-refractivity contribution in [2.24, 2.45) is 11.3 Å². The van der Waals surface area contributed by atoms with Crippen LogP contribution in [0.15, 0.2) is 23.8 Å². The zero-order chi connectivity index (χ0) is 26.8. The van der Waals surface area contributed by atoms with Gasteiger partial charge in [0.15, 0.2) is 17.3 Å². The Labute approximate surface area is 209 Å². The molecule has 198 valence electrons. The number of aliphatic hydroxyl groups is 1. The summed E-state index contributed by atoms with van der Waals surface area (Å²) in [6.07, 6.45) is 1.96. The van der Waals surface area contributed by atoms with E-state index in [-0.39, 0.29) is 0 Å². The minimum absolute atomic E-state index is 0.381. The normalized spacial score (nSPS) is 46.6. The molecular formula is C26H34O10. The topological polar surface area (TPSA) is 138 Å². The molecule has 0 radical (unpaired) electrons. The Balaban J connectivity index is 1.99. The van der Waals surface area contributed by atoms with E-state index in [1.807, 2.05) is 6.92 Å². The average Bonchev–Trinajstić information content (AvgIpc) is 3.32. The zero-order valence-electron chi connectivity index (χ0n) is 21.7. The monoisotopic (exact) mass is 506 g/mol. The molecule has 36 heavy (non-hydrogen) atoms.